The summed E-state index contributed by atoms with van der Waals surface area (Å²) in [7, 11) is 0. The van der Waals surface area contributed by atoms with Crippen molar-refractivity contribution in [2.45, 2.75) is 72.1 Å². The lowest BCUT2D eigenvalue weighted by Crippen LogP contribution is -2.14. The van der Waals surface area contributed by atoms with E-state index >= 15 is 0 Å². The van der Waals surface area contributed by atoms with Gasteiger partial charge in [0.1, 0.15) is 0 Å². The molecule has 1 rings (SSSR count). The fourth-order valence-electron chi connectivity index (χ4n) is 2.79. The summed E-state index contributed by atoms with van der Waals surface area (Å²) in [6.45, 7) is 6.67. The zero-order valence-corrected chi connectivity index (χ0v) is 13.3. The molecule has 0 aromatic rings. The van der Waals surface area contributed by atoms with Crippen LogP contribution in [0.3, 0.4) is 0 Å². The predicted molar refractivity (Wildman–Crippen MR) is 86.3 cm³/mol. The van der Waals surface area contributed by atoms with Crippen LogP contribution >= 0.6 is 0 Å². The van der Waals surface area contributed by atoms with Crippen molar-refractivity contribution >= 4 is 5.91 Å². The molecule has 20 heavy (non-hydrogen) atoms. The van der Waals surface area contributed by atoms with E-state index in [0.717, 1.165) is 32.1 Å². The molecule has 2 heteroatoms. The monoisotopic (exact) mass is 275 g/mol. The van der Waals surface area contributed by atoms with Crippen molar-refractivity contribution < 1.29 is 4.79 Å². The Balaban J connectivity index is 3.07. The third-order valence-corrected chi connectivity index (χ3v) is 3.95. The van der Waals surface area contributed by atoms with Crippen molar-refractivity contribution in [1.29, 1.82) is 0 Å². The molecule has 112 valence electrons. The van der Waals surface area contributed by atoms with Crippen molar-refractivity contribution in [2.24, 2.45) is 5.73 Å². The number of hydrogen-bond donors (Lipinski definition) is 1. The van der Waals surface area contributed by atoms with Gasteiger partial charge < -0.3 is 5.73 Å². The highest BCUT2D eigenvalue weighted by Crippen LogP contribution is 2.30. The van der Waals surface area contributed by atoms with Gasteiger partial charge in [-0.1, -0.05) is 44.8 Å². The van der Waals surface area contributed by atoms with Crippen LogP contribution < -0.4 is 5.73 Å². The van der Waals surface area contributed by atoms with Crippen LogP contribution in [0.4, 0.5) is 0 Å². The molecule has 0 radical (unpaired) electrons. The standard InChI is InChI=1S/C18H29NO/c1-4-6-7-11-15-13-16(18(19)20)12-8-10-14(3)17(15)9-5-2/h12-13H,4-11H2,1-3H3,(H2,19,20)/b15-13-,16-12+,17-14+. The van der Waals surface area contributed by atoms with Crippen molar-refractivity contribution in [3.05, 3.63) is 34.4 Å². The number of nitrogens with two attached hydrogens (primary N) is 1. The molecule has 0 bridgehead atoms. The first-order chi connectivity index (χ1) is 9.60. The molecule has 1 aliphatic rings. The van der Waals surface area contributed by atoms with Crippen molar-refractivity contribution in [1.82, 2.24) is 0 Å². The summed E-state index contributed by atoms with van der Waals surface area (Å²) in [6.07, 6.45) is 13.0. The van der Waals surface area contributed by atoms with Gasteiger partial charge in [0.15, 0.2) is 0 Å². The normalized spacial score (nSPS) is 25.1. The van der Waals surface area contributed by atoms with Crippen LogP contribution in [-0.2, 0) is 4.79 Å². The van der Waals surface area contributed by atoms with Crippen LogP contribution in [0.25, 0.3) is 0 Å². The summed E-state index contributed by atoms with van der Waals surface area (Å²) in [5, 5.41) is 0. The van der Waals surface area contributed by atoms with E-state index in [1.54, 1.807) is 0 Å². The van der Waals surface area contributed by atoms with Gasteiger partial charge in [-0.15, -0.1) is 0 Å². The van der Waals surface area contributed by atoms with Crippen LogP contribution in [0.1, 0.15) is 72.1 Å². The van der Waals surface area contributed by atoms with E-state index in [1.807, 2.05) is 12.2 Å². The maximum atomic E-state index is 11.5. The minimum absolute atomic E-state index is 0.298. The summed E-state index contributed by atoms with van der Waals surface area (Å²) in [5.74, 6) is -0.298. The Morgan fingerprint density at radius 2 is 1.95 bits per heavy atom. The molecule has 0 atom stereocenters. The highest BCUT2D eigenvalue weighted by atomic mass is 16.1. The molecule has 2 N–H and O–H groups in total. The number of unbranched alkanes of at least 4 members (excludes halogenated alkanes) is 2. The molecular formula is C18H29NO. The maximum absolute atomic E-state index is 11.5. The number of allylic oxidation sites excluding steroid dienone is 4. The fraction of sp³-hybridized carbons (Fsp3) is 0.611. The quantitative estimate of drug-likeness (QED) is 0.665. The van der Waals surface area contributed by atoms with E-state index in [9.17, 15) is 4.79 Å². The third kappa shape index (κ3) is 4.99. The van der Waals surface area contributed by atoms with Crippen LogP contribution in [0.5, 0.6) is 0 Å². The Morgan fingerprint density at radius 1 is 1.20 bits per heavy atom. The van der Waals surface area contributed by atoms with Gasteiger partial charge in [-0.25, -0.2) is 0 Å². The minimum atomic E-state index is -0.298. The number of carbonyl (C=O) groups is 1. The average molecular weight is 275 g/mol. The van der Waals surface area contributed by atoms with E-state index in [2.05, 4.69) is 20.8 Å². The van der Waals surface area contributed by atoms with Gasteiger partial charge in [0, 0.05) is 5.57 Å². The second-order valence-corrected chi connectivity index (χ2v) is 5.70. The second kappa shape index (κ2) is 8.78. The molecule has 0 saturated heterocycles. The first kappa shape index (κ1) is 16.7. The lowest BCUT2D eigenvalue weighted by Gasteiger charge is -2.18. The first-order valence-corrected chi connectivity index (χ1v) is 7.99. The number of carbonyl (C=O) groups excluding carboxylic acids is 1. The molecule has 0 aliphatic heterocycles. The van der Waals surface area contributed by atoms with Gasteiger partial charge in [-0.3, -0.25) is 4.79 Å². The molecule has 0 aromatic carbocycles. The molecule has 1 amide bonds. The number of amides is 1. The van der Waals surface area contributed by atoms with Crippen molar-refractivity contribution in [3.63, 3.8) is 0 Å². The van der Waals surface area contributed by atoms with Crippen molar-refractivity contribution in [2.75, 3.05) is 0 Å². The van der Waals surface area contributed by atoms with Gasteiger partial charge in [0.2, 0.25) is 5.91 Å². The Morgan fingerprint density at radius 3 is 2.55 bits per heavy atom. The Kier molecular flexibility index (Phi) is 7.35. The van der Waals surface area contributed by atoms with Crippen LogP contribution in [0, 0.1) is 0 Å². The molecule has 0 saturated carbocycles. The lowest BCUT2D eigenvalue weighted by molar-refractivity contribution is -0.114. The Hall–Kier alpha value is -1.31. The Bertz CT molecular complexity index is 427. The summed E-state index contributed by atoms with van der Waals surface area (Å²) in [6, 6.07) is 0. The summed E-state index contributed by atoms with van der Waals surface area (Å²) in [5.41, 5.74) is 10.5. The van der Waals surface area contributed by atoms with Gasteiger partial charge >= 0.3 is 0 Å². The van der Waals surface area contributed by atoms with E-state index in [-0.39, 0.29) is 5.91 Å². The van der Waals surface area contributed by atoms with Crippen LogP contribution in [0.2, 0.25) is 0 Å². The number of rotatable bonds is 7. The molecule has 2 nitrogen and oxygen atoms in total. The average Bonchev–Trinajstić information content (AvgIpc) is 2.40. The van der Waals surface area contributed by atoms with Crippen molar-refractivity contribution in [3.8, 4) is 0 Å². The summed E-state index contributed by atoms with van der Waals surface area (Å²) in [4.78, 5) is 11.5. The largest absolute Gasteiger partial charge is 0.366 e. The molecule has 0 heterocycles. The van der Waals surface area contributed by atoms with Gasteiger partial charge in [-0.05, 0) is 56.3 Å². The number of primary amides is 1. The molecule has 1 aliphatic carbocycles. The predicted octanol–water partition coefficient (Wildman–Crippen LogP) is 4.82. The van der Waals surface area contributed by atoms with E-state index < -0.39 is 0 Å². The van der Waals surface area contributed by atoms with Gasteiger partial charge in [0.25, 0.3) is 0 Å². The fourth-order valence-corrected chi connectivity index (χ4v) is 2.79. The first-order valence-electron chi connectivity index (χ1n) is 7.99. The van der Waals surface area contributed by atoms with Gasteiger partial charge in [-0.2, -0.15) is 0 Å². The smallest absolute Gasteiger partial charge is 0.248 e. The van der Waals surface area contributed by atoms with E-state index in [1.165, 1.54) is 36.0 Å². The SMILES string of the molecule is CCCCCC1=C/C(C(N)=O)=C\CC\C(C)=C\1CCC. The summed E-state index contributed by atoms with van der Waals surface area (Å²) >= 11 is 0. The number of hydrogen-bond acceptors (Lipinski definition) is 1. The highest BCUT2D eigenvalue weighted by molar-refractivity contribution is 5.95. The zero-order chi connectivity index (χ0) is 15.0. The molecule has 0 aromatic heterocycles. The summed E-state index contributed by atoms with van der Waals surface area (Å²) < 4.78 is 0. The molecule has 0 fully saturated rings. The van der Waals surface area contributed by atoms with E-state index in [0.29, 0.717) is 5.57 Å². The maximum Gasteiger partial charge on any atom is 0.248 e. The lowest BCUT2D eigenvalue weighted by atomic mass is 9.87. The zero-order valence-electron chi connectivity index (χ0n) is 13.3. The molecular weight excluding hydrogens is 246 g/mol. The molecule has 0 unspecified atom stereocenters. The molecule has 0 spiro atoms. The topological polar surface area (TPSA) is 43.1 Å². The Labute approximate surface area is 123 Å². The second-order valence-electron chi connectivity index (χ2n) is 5.70. The van der Waals surface area contributed by atoms with Crippen LogP contribution in [0.15, 0.2) is 34.4 Å². The third-order valence-electron chi connectivity index (χ3n) is 3.95. The minimum Gasteiger partial charge on any atom is -0.366 e. The van der Waals surface area contributed by atoms with E-state index in [4.69, 9.17) is 5.73 Å². The van der Waals surface area contributed by atoms with Gasteiger partial charge in [0.05, 0.1) is 0 Å². The highest BCUT2D eigenvalue weighted by Gasteiger charge is 2.13. The van der Waals surface area contributed by atoms with Crippen LogP contribution in [-0.4, -0.2) is 5.91 Å².